The second-order valence-electron chi connectivity index (χ2n) is 8.28. The standard InChI is InChI=1S/C29H28N2O3/c1-21(2)25-17-26(29(32)31-24-13-15-30-16-14-24)28(34-20-23-11-7-4-8-12-23)18-27(25)33-19-22-9-5-3-6-10-22/h3-18,21H,19-20H2,1-2H3,(H,30,31,32). The quantitative estimate of drug-likeness (QED) is 0.310. The summed E-state index contributed by atoms with van der Waals surface area (Å²) in [4.78, 5) is 17.3. The average Bonchev–Trinajstić information content (AvgIpc) is 2.87. The first-order valence-electron chi connectivity index (χ1n) is 11.3. The molecule has 0 saturated heterocycles. The van der Waals surface area contributed by atoms with Gasteiger partial charge in [-0.2, -0.15) is 0 Å². The Morgan fingerprint density at radius 2 is 1.35 bits per heavy atom. The average molecular weight is 453 g/mol. The van der Waals surface area contributed by atoms with Crippen LogP contribution in [-0.2, 0) is 13.2 Å². The molecule has 0 atom stereocenters. The van der Waals surface area contributed by atoms with Crippen LogP contribution in [0.15, 0.2) is 97.3 Å². The molecule has 0 bridgehead atoms. The van der Waals surface area contributed by atoms with Crippen LogP contribution < -0.4 is 14.8 Å². The number of carbonyl (C=O) groups excluding carboxylic acids is 1. The first-order valence-corrected chi connectivity index (χ1v) is 11.3. The minimum Gasteiger partial charge on any atom is -0.488 e. The molecule has 0 unspecified atom stereocenters. The SMILES string of the molecule is CC(C)c1cc(C(=O)Nc2ccncc2)c(OCc2ccccc2)cc1OCc1ccccc1. The number of hydrogen-bond acceptors (Lipinski definition) is 4. The van der Waals surface area contributed by atoms with Crippen LogP contribution in [0.3, 0.4) is 0 Å². The summed E-state index contributed by atoms with van der Waals surface area (Å²) >= 11 is 0. The summed E-state index contributed by atoms with van der Waals surface area (Å²) in [5, 5.41) is 2.94. The van der Waals surface area contributed by atoms with E-state index >= 15 is 0 Å². The normalized spacial score (nSPS) is 10.7. The Morgan fingerprint density at radius 3 is 1.91 bits per heavy atom. The first kappa shape index (κ1) is 23.1. The molecule has 3 aromatic carbocycles. The number of anilines is 1. The Morgan fingerprint density at radius 1 is 0.794 bits per heavy atom. The Kier molecular flexibility index (Phi) is 7.56. The van der Waals surface area contributed by atoms with Gasteiger partial charge in [-0.3, -0.25) is 9.78 Å². The molecule has 0 aliphatic carbocycles. The predicted octanol–water partition coefficient (Wildman–Crippen LogP) is 6.62. The second kappa shape index (κ2) is 11.1. The van der Waals surface area contributed by atoms with Crippen LogP contribution in [0.5, 0.6) is 11.5 Å². The van der Waals surface area contributed by atoms with E-state index in [1.165, 1.54) is 0 Å². The molecule has 1 amide bonds. The molecule has 4 rings (SSSR count). The predicted molar refractivity (Wildman–Crippen MR) is 134 cm³/mol. The van der Waals surface area contributed by atoms with Gasteiger partial charge in [0.15, 0.2) is 0 Å². The Bertz CT molecular complexity index is 1210. The highest BCUT2D eigenvalue weighted by Gasteiger charge is 2.20. The third-order valence-electron chi connectivity index (χ3n) is 5.39. The van der Waals surface area contributed by atoms with Gasteiger partial charge in [-0.1, -0.05) is 74.5 Å². The van der Waals surface area contributed by atoms with Crippen LogP contribution in [0.4, 0.5) is 5.69 Å². The largest absolute Gasteiger partial charge is 0.488 e. The number of carbonyl (C=O) groups is 1. The zero-order chi connectivity index (χ0) is 23.8. The van der Waals surface area contributed by atoms with Crippen molar-refractivity contribution in [2.45, 2.75) is 33.0 Å². The number of hydrogen-bond donors (Lipinski definition) is 1. The van der Waals surface area contributed by atoms with Gasteiger partial charge in [0.1, 0.15) is 24.7 Å². The fourth-order valence-electron chi connectivity index (χ4n) is 3.56. The highest BCUT2D eigenvalue weighted by molar-refractivity contribution is 6.06. The van der Waals surface area contributed by atoms with Crippen molar-refractivity contribution in [3.63, 3.8) is 0 Å². The maximum absolute atomic E-state index is 13.3. The molecule has 1 aromatic heterocycles. The van der Waals surface area contributed by atoms with E-state index in [0.29, 0.717) is 36.0 Å². The van der Waals surface area contributed by atoms with Crippen molar-refractivity contribution in [1.29, 1.82) is 0 Å². The van der Waals surface area contributed by atoms with Crippen molar-refractivity contribution in [2.75, 3.05) is 5.32 Å². The lowest BCUT2D eigenvalue weighted by molar-refractivity contribution is 0.102. The molecule has 0 aliphatic heterocycles. The molecule has 0 fully saturated rings. The summed E-state index contributed by atoms with van der Waals surface area (Å²) in [6.07, 6.45) is 3.28. The second-order valence-corrected chi connectivity index (χ2v) is 8.28. The van der Waals surface area contributed by atoms with Crippen molar-refractivity contribution in [3.8, 4) is 11.5 Å². The number of benzene rings is 3. The van der Waals surface area contributed by atoms with Crippen molar-refractivity contribution in [2.24, 2.45) is 0 Å². The van der Waals surface area contributed by atoms with Crippen LogP contribution in [0.2, 0.25) is 0 Å². The fraction of sp³-hybridized carbons (Fsp3) is 0.172. The monoisotopic (exact) mass is 452 g/mol. The van der Waals surface area contributed by atoms with Gasteiger partial charge in [0, 0.05) is 24.1 Å². The van der Waals surface area contributed by atoms with E-state index in [1.807, 2.05) is 72.8 Å². The number of amides is 1. The number of pyridine rings is 1. The summed E-state index contributed by atoms with van der Waals surface area (Å²) in [7, 11) is 0. The van der Waals surface area contributed by atoms with E-state index in [4.69, 9.17) is 9.47 Å². The molecule has 0 aliphatic rings. The molecular formula is C29H28N2O3. The molecule has 4 aromatic rings. The van der Waals surface area contributed by atoms with Gasteiger partial charge in [0.25, 0.3) is 5.91 Å². The lowest BCUT2D eigenvalue weighted by Gasteiger charge is -2.19. The van der Waals surface area contributed by atoms with Gasteiger partial charge >= 0.3 is 0 Å². The number of rotatable bonds is 9. The van der Waals surface area contributed by atoms with E-state index < -0.39 is 0 Å². The Hall–Kier alpha value is -4.12. The summed E-state index contributed by atoms with van der Waals surface area (Å²) < 4.78 is 12.4. The minimum absolute atomic E-state index is 0.154. The van der Waals surface area contributed by atoms with Gasteiger partial charge < -0.3 is 14.8 Å². The molecule has 1 N–H and O–H groups in total. The molecule has 5 heteroatoms. The summed E-state index contributed by atoms with van der Waals surface area (Å²) in [5.74, 6) is 1.09. The third-order valence-corrected chi connectivity index (χ3v) is 5.39. The van der Waals surface area contributed by atoms with Crippen molar-refractivity contribution < 1.29 is 14.3 Å². The third kappa shape index (κ3) is 6.01. The zero-order valence-corrected chi connectivity index (χ0v) is 19.4. The van der Waals surface area contributed by atoms with Gasteiger partial charge in [-0.15, -0.1) is 0 Å². The topological polar surface area (TPSA) is 60.5 Å². The minimum atomic E-state index is -0.245. The smallest absolute Gasteiger partial charge is 0.259 e. The Labute approximate surface area is 200 Å². The molecule has 172 valence electrons. The maximum atomic E-state index is 13.3. The van der Waals surface area contributed by atoms with Gasteiger partial charge in [0.2, 0.25) is 0 Å². The summed E-state index contributed by atoms with van der Waals surface area (Å²) in [6, 6.07) is 27.1. The van der Waals surface area contributed by atoms with Crippen LogP contribution in [0, 0.1) is 0 Å². The molecule has 0 saturated carbocycles. The molecule has 0 spiro atoms. The molecule has 0 radical (unpaired) electrons. The Balaban J connectivity index is 1.66. The summed E-state index contributed by atoms with van der Waals surface area (Å²) in [6.45, 7) is 4.94. The molecule has 1 heterocycles. The van der Waals surface area contributed by atoms with E-state index in [9.17, 15) is 4.79 Å². The van der Waals surface area contributed by atoms with E-state index in [0.717, 1.165) is 16.7 Å². The van der Waals surface area contributed by atoms with E-state index in [1.54, 1.807) is 24.5 Å². The maximum Gasteiger partial charge on any atom is 0.259 e. The first-order chi connectivity index (χ1) is 16.6. The molecular weight excluding hydrogens is 424 g/mol. The fourth-order valence-corrected chi connectivity index (χ4v) is 3.56. The van der Waals surface area contributed by atoms with Gasteiger partial charge in [-0.05, 0) is 40.8 Å². The lowest BCUT2D eigenvalue weighted by Crippen LogP contribution is -2.15. The van der Waals surface area contributed by atoms with Crippen molar-refractivity contribution >= 4 is 11.6 Å². The zero-order valence-electron chi connectivity index (χ0n) is 19.4. The van der Waals surface area contributed by atoms with Crippen molar-refractivity contribution in [1.82, 2.24) is 4.98 Å². The number of nitrogens with zero attached hydrogens (tertiary/aromatic N) is 1. The summed E-state index contributed by atoms with van der Waals surface area (Å²) in [5.41, 5.74) is 4.17. The highest BCUT2D eigenvalue weighted by atomic mass is 16.5. The van der Waals surface area contributed by atoms with Crippen LogP contribution in [0.1, 0.15) is 46.8 Å². The van der Waals surface area contributed by atoms with E-state index in [-0.39, 0.29) is 11.8 Å². The van der Waals surface area contributed by atoms with Crippen LogP contribution in [0.25, 0.3) is 0 Å². The molecule has 34 heavy (non-hydrogen) atoms. The van der Waals surface area contributed by atoms with E-state index in [2.05, 4.69) is 24.1 Å². The number of nitrogens with one attached hydrogen (secondary N) is 1. The highest BCUT2D eigenvalue weighted by Crippen LogP contribution is 2.35. The van der Waals surface area contributed by atoms with Crippen LogP contribution >= 0.6 is 0 Å². The van der Waals surface area contributed by atoms with Crippen LogP contribution in [-0.4, -0.2) is 10.9 Å². The van der Waals surface area contributed by atoms with Gasteiger partial charge in [0.05, 0.1) is 5.56 Å². The number of ether oxygens (including phenoxy) is 2. The van der Waals surface area contributed by atoms with Crippen molar-refractivity contribution in [3.05, 3.63) is 120 Å². The lowest BCUT2D eigenvalue weighted by atomic mass is 9.98. The molecule has 5 nitrogen and oxygen atoms in total. The van der Waals surface area contributed by atoms with Gasteiger partial charge in [-0.25, -0.2) is 0 Å². The number of aromatic nitrogens is 1.